The van der Waals surface area contributed by atoms with Crippen molar-refractivity contribution >= 4 is 17.3 Å². The van der Waals surface area contributed by atoms with Crippen molar-refractivity contribution < 1.29 is 4.79 Å². The monoisotopic (exact) mass is 293 g/mol. The molecule has 1 radical (unpaired) electrons. The summed E-state index contributed by atoms with van der Waals surface area (Å²) in [4.78, 5) is 13.5. The molecule has 0 unspecified atom stereocenters. The fraction of sp³-hybridized carbons (Fsp3) is 0.316. The van der Waals surface area contributed by atoms with E-state index in [1.165, 1.54) is 37.8 Å². The van der Waals surface area contributed by atoms with Crippen molar-refractivity contribution in [3.63, 3.8) is 0 Å². The molecule has 22 heavy (non-hydrogen) atoms. The molecule has 3 heteroatoms. The lowest BCUT2D eigenvalue weighted by Crippen LogP contribution is -2.32. The van der Waals surface area contributed by atoms with Gasteiger partial charge in [0.2, 0.25) is 0 Å². The SMILES string of the molecule is [NH]C(=O)c1ccc(N(c2ccccc2)C2CCCCC2)cc1. The van der Waals surface area contributed by atoms with Crippen LogP contribution in [0.25, 0.3) is 0 Å². The van der Waals surface area contributed by atoms with Crippen molar-refractivity contribution in [2.45, 2.75) is 38.1 Å². The molecule has 2 aromatic rings. The van der Waals surface area contributed by atoms with E-state index in [-0.39, 0.29) is 0 Å². The molecule has 0 heterocycles. The van der Waals surface area contributed by atoms with Crippen molar-refractivity contribution in [1.82, 2.24) is 5.73 Å². The highest BCUT2D eigenvalue weighted by molar-refractivity contribution is 5.92. The number of rotatable bonds is 4. The first-order chi connectivity index (χ1) is 10.8. The zero-order valence-electron chi connectivity index (χ0n) is 12.7. The second kappa shape index (κ2) is 6.65. The maximum Gasteiger partial charge on any atom is 0.269 e. The van der Waals surface area contributed by atoms with Crippen LogP contribution in [0.5, 0.6) is 0 Å². The smallest absolute Gasteiger partial charge is 0.269 e. The highest BCUT2D eigenvalue weighted by Crippen LogP contribution is 2.34. The molecule has 1 amide bonds. The van der Waals surface area contributed by atoms with Gasteiger partial charge in [0.1, 0.15) is 0 Å². The lowest BCUT2D eigenvalue weighted by Gasteiger charge is -2.36. The Morgan fingerprint density at radius 1 is 0.864 bits per heavy atom. The van der Waals surface area contributed by atoms with Gasteiger partial charge in [-0.25, -0.2) is 0 Å². The van der Waals surface area contributed by atoms with E-state index in [1.54, 1.807) is 12.1 Å². The van der Waals surface area contributed by atoms with Crippen LogP contribution in [0.4, 0.5) is 11.4 Å². The third-order valence-corrected chi connectivity index (χ3v) is 4.38. The van der Waals surface area contributed by atoms with Gasteiger partial charge < -0.3 is 4.90 Å². The Kier molecular flexibility index (Phi) is 4.42. The number of hydrogen-bond donors (Lipinski definition) is 0. The van der Waals surface area contributed by atoms with Crippen molar-refractivity contribution in [1.29, 1.82) is 0 Å². The Bertz CT molecular complexity index is 616. The highest BCUT2D eigenvalue weighted by Gasteiger charge is 2.22. The van der Waals surface area contributed by atoms with Gasteiger partial charge in [0.15, 0.2) is 0 Å². The minimum Gasteiger partial charge on any atom is -0.338 e. The summed E-state index contributed by atoms with van der Waals surface area (Å²) >= 11 is 0. The van der Waals surface area contributed by atoms with Crippen LogP contribution in [0.1, 0.15) is 42.5 Å². The summed E-state index contributed by atoms with van der Waals surface area (Å²) in [5.41, 5.74) is 9.94. The van der Waals surface area contributed by atoms with Gasteiger partial charge in [-0.2, -0.15) is 0 Å². The predicted molar refractivity (Wildman–Crippen MR) is 89.3 cm³/mol. The minimum absolute atomic E-state index is 0.445. The Morgan fingerprint density at radius 2 is 1.45 bits per heavy atom. The van der Waals surface area contributed by atoms with Gasteiger partial charge in [0, 0.05) is 23.0 Å². The summed E-state index contributed by atoms with van der Waals surface area (Å²) in [7, 11) is 0. The molecule has 0 aliphatic heterocycles. The number of amides is 1. The van der Waals surface area contributed by atoms with E-state index in [0.717, 1.165) is 5.69 Å². The van der Waals surface area contributed by atoms with Gasteiger partial charge in [-0.3, -0.25) is 10.5 Å². The van der Waals surface area contributed by atoms with Gasteiger partial charge in [-0.1, -0.05) is 37.5 Å². The fourth-order valence-electron chi connectivity index (χ4n) is 3.27. The average Bonchev–Trinajstić information content (AvgIpc) is 2.57. The topological polar surface area (TPSA) is 44.1 Å². The molecule has 0 spiro atoms. The quantitative estimate of drug-likeness (QED) is 0.828. The molecule has 0 aromatic heterocycles. The standard InChI is InChI=1S/C19H21N2O/c20-19(22)15-11-13-18(14-12-15)21(16-7-3-1-4-8-16)17-9-5-2-6-10-17/h1,3-4,7-8,11-14,17,20H,2,5-6,9-10H2. The Morgan fingerprint density at radius 3 is 2.05 bits per heavy atom. The third kappa shape index (κ3) is 3.14. The highest BCUT2D eigenvalue weighted by atomic mass is 16.1. The Balaban J connectivity index is 1.95. The predicted octanol–water partition coefficient (Wildman–Crippen LogP) is 4.58. The number of carbonyl (C=O) groups excluding carboxylic acids is 1. The summed E-state index contributed by atoms with van der Waals surface area (Å²) in [5.74, 6) is -0.629. The maximum atomic E-state index is 11.2. The van der Waals surface area contributed by atoms with Crippen LogP contribution < -0.4 is 10.6 Å². The molecule has 0 saturated heterocycles. The molecule has 1 aliphatic carbocycles. The number of nitrogens with one attached hydrogen (secondary N) is 1. The van der Waals surface area contributed by atoms with E-state index in [1.807, 2.05) is 18.2 Å². The van der Waals surface area contributed by atoms with Crippen LogP contribution in [-0.4, -0.2) is 11.9 Å². The molecule has 0 bridgehead atoms. The van der Waals surface area contributed by atoms with Crippen LogP contribution in [0.2, 0.25) is 0 Å². The van der Waals surface area contributed by atoms with E-state index in [9.17, 15) is 4.79 Å². The Labute approximate surface area is 131 Å². The largest absolute Gasteiger partial charge is 0.338 e. The summed E-state index contributed by atoms with van der Waals surface area (Å²) in [6.45, 7) is 0. The second-order valence-corrected chi connectivity index (χ2v) is 5.87. The lowest BCUT2D eigenvalue weighted by atomic mass is 9.93. The third-order valence-electron chi connectivity index (χ3n) is 4.38. The van der Waals surface area contributed by atoms with Crippen molar-refractivity contribution in [3.8, 4) is 0 Å². The first-order valence-corrected chi connectivity index (χ1v) is 7.96. The summed E-state index contributed by atoms with van der Waals surface area (Å²) < 4.78 is 0. The maximum absolute atomic E-state index is 11.2. The van der Waals surface area contributed by atoms with Gasteiger partial charge in [-0.15, -0.1) is 0 Å². The van der Waals surface area contributed by atoms with E-state index >= 15 is 0 Å². The van der Waals surface area contributed by atoms with Crippen LogP contribution in [0, 0.1) is 0 Å². The lowest BCUT2D eigenvalue weighted by molar-refractivity contribution is 0.0992. The van der Waals surface area contributed by atoms with Crippen molar-refractivity contribution in [2.24, 2.45) is 0 Å². The molecule has 1 saturated carbocycles. The van der Waals surface area contributed by atoms with Crippen LogP contribution >= 0.6 is 0 Å². The zero-order chi connectivity index (χ0) is 15.4. The van der Waals surface area contributed by atoms with Gasteiger partial charge in [0.05, 0.1) is 0 Å². The number of para-hydroxylation sites is 1. The first kappa shape index (κ1) is 14.6. The van der Waals surface area contributed by atoms with Gasteiger partial charge in [-0.05, 0) is 49.2 Å². The molecule has 2 aromatic carbocycles. The van der Waals surface area contributed by atoms with Crippen LogP contribution in [-0.2, 0) is 0 Å². The van der Waals surface area contributed by atoms with Gasteiger partial charge in [0.25, 0.3) is 5.91 Å². The average molecular weight is 293 g/mol. The molecule has 113 valence electrons. The molecular weight excluding hydrogens is 272 g/mol. The molecular formula is C19H21N2O. The molecule has 3 rings (SSSR count). The summed E-state index contributed by atoms with van der Waals surface area (Å²) in [6.07, 6.45) is 6.28. The molecule has 1 N–H and O–H groups in total. The van der Waals surface area contributed by atoms with E-state index in [2.05, 4.69) is 29.2 Å². The zero-order valence-corrected chi connectivity index (χ0v) is 12.7. The number of benzene rings is 2. The van der Waals surface area contributed by atoms with E-state index < -0.39 is 5.91 Å². The number of anilines is 2. The van der Waals surface area contributed by atoms with Gasteiger partial charge >= 0.3 is 0 Å². The second-order valence-electron chi connectivity index (χ2n) is 5.87. The fourth-order valence-corrected chi connectivity index (χ4v) is 3.27. The van der Waals surface area contributed by atoms with Crippen molar-refractivity contribution in [3.05, 3.63) is 60.2 Å². The molecule has 1 aliphatic rings. The summed E-state index contributed by atoms with van der Waals surface area (Å²) in [6, 6.07) is 18.4. The van der Waals surface area contributed by atoms with E-state index in [4.69, 9.17) is 5.73 Å². The summed E-state index contributed by atoms with van der Waals surface area (Å²) in [5, 5.41) is 0. The van der Waals surface area contributed by atoms with Crippen LogP contribution in [0.15, 0.2) is 54.6 Å². The number of hydrogen-bond acceptors (Lipinski definition) is 2. The normalized spacial score (nSPS) is 15.5. The molecule has 3 nitrogen and oxygen atoms in total. The minimum atomic E-state index is -0.629. The first-order valence-electron chi connectivity index (χ1n) is 7.96. The number of carbonyl (C=O) groups is 1. The molecule has 0 atom stereocenters. The van der Waals surface area contributed by atoms with E-state index in [0.29, 0.717) is 11.6 Å². The number of nitrogens with zero attached hydrogens (tertiary/aromatic N) is 1. The molecule has 1 fully saturated rings. The van der Waals surface area contributed by atoms with Crippen LogP contribution in [0.3, 0.4) is 0 Å². The Hall–Kier alpha value is -2.29. The van der Waals surface area contributed by atoms with Crippen molar-refractivity contribution in [2.75, 3.05) is 4.90 Å².